The molecule has 1 unspecified atom stereocenters. The molecule has 0 aromatic carbocycles. The first kappa shape index (κ1) is 50.4. The highest BCUT2D eigenvalue weighted by atomic mass is 16.5. The van der Waals surface area contributed by atoms with E-state index in [2.05, 4.69) is 13.8 Å². The number of amides is 1. The second-order valence-corrected chi connectivity index (χ2v) is 16.1. The fourth-order valence-electron chi connectivity index (χ4n) is 7.41. The summed E-state index contributed by atoms with van der Waals surface area (Å²) in [5, 5.41) is 19.9. The Bertz CT molecular complexity index is 659. The van der Waals surface area contributed by atoms with Crippen LogP contribution < -0.4 is 0 Å². The van der Waals surface area contributed by atoms with E-state index in [4.69, 9.17) is 4.74 Å². The van der Waals surface area contributed by atoms with Gasteiger partial charge in [0.25, 0.3) is 0 Å². The molecule has 0 saturated heterocycles. The van der Waals surface area contributed by atoms with Crippen LogP contribution in [-0.4, -0.2) is 60.0 Å². The predicted molar refractivity (Wildman–Crippen MR) is 223 cm³/mol. The molecule has 5 nitrogen and oxygen atoms in total. The van der Waals surface area contributed by atoms with E-state index in [1.807, 2.05) is 0 Å². The summed E-state index contributed by atoms with van der Waals surface area (Å²) in [5.41, 5.74) is 0. The van der Waals surface area contributed by atoms with Crippen LogP contribution in [0, 0.1) is 0 Å². The Kier molecular flexibility index (Phi) is 43.2. The van der Waals surface area contributed by atoms with Gasteiger partial charge in [-0.25, -0.2) is 0 Å². The van der Waals surface area contributed by atoms with E-state index in [0.29, 0.717) is 13.0 Å². The van der Waals surface area contributed by atoms with Gasteiger partial charge >= 0.3 is 0 Å². The van der Waals surface area contributed by atoms with Crippen LogP contribution in [0.4, 0.5) is 0 Å². The number of unbranched alkanes of at least 4 members (excludes halogenated alkanes) is 34. The molecule has 1 atom stereocenters. The number of aliphatic hydroxyl groups excluding tert-OH is 2. The Morgan fingerprint density at radius 2 is 0.765 bits per heavy atom. The lowest BCUT2D eigenvalue weighted by Gasteiger charge is -2.24. The molecule has 0 spiro atoms. The summed E-state index contributed by atoms with van der Waals surface area (Å²) >= 11 is 0. The molecule has 0 bridgehead atoms. The predicted octanol–water partition coefficient (Wildman–Crippen LogP) is 13.7. The maximum absolute atomic E-state index is 12.7. The molecule has 0 heterocycles. The van der Waals surface area contributed by atoms with Crippen LogP contribution in [0.3, 0.4) is 0 Å². The van der Waals surface area contributed by atoms with E-state index in [9.17, 15) is 15.0 Å². The molecule has 306 valence electrons. The number of nitrogens with zero attached hydrogens (tertiary/aromatic N) is 1. The average Bonchev–Trinajstić information content (AvgIpc) is 3.13. The van der Waals surface area contributed by atoms with Crippen molar-refractivity contribution in [2.24, 2.45) is 0 Å². The molecule has 0 rings (SSSR count). The van der Waals surface area contributed by atoms with E-state index in [0.717, 1.165) is 19.3 Å². The lowest BCUT2D eigenvalue weighted by Crippen LogP contribution is -2.40. The van der Waals surface area contributed by atoms with Gasteiger partial charge in [-0.05, 0) is 12.8 Å². The van der Waals surface area contributed by atoms with Crippen LogP contribution in [-0.2, 0) is 9.53 Å². The monoisotopic (exact) mass is 724 g/mol. The quantitative estimate of drug-likeness (QED) is 0.0614. The lowest BCUT2D eigenvalue weighted by atomic mass is 10.0. The number of carbonyl (C=O) groups is 1. The van der Waals surface area contributed by atoms with Crippen LogP contribution in [0.1, 0.15) is 251 Å². The van der Waals surface area contributed by atoms with Gasteiger partial charge in [-0.2, -0.15) is 0 Å². The van der Waals surface area contributed by atoms with Crippen molar-refractivity contribution in [3.8, 4) is 0 Å². The first-order valence-corrected chi connectivity index (χ1v) is 23.3. The zero-order valence-electron chi connectivity index (χ0n) is 34.9. The fraction of sp³-hybridized carbons (Fsp3) is 0.978. The maximum Gasteiger partial charge on any atom is 0.222 e. The number of carbonyl (C=O) groups excluding carboxylic acids is 1. The summed E-state index contributed by atoms with van der Waals surface area (Å²) < 4.78 is 5.73. The molecule has 1 amide bonds. The largest absolute Gasteiger partial charge is 0.395 e. The van der Waals surface area contributed by atoms with Crippen molar-refractivity contribution in [2.45, 2.75) is 258 Å². The van der Waals surface area contributed by atoms with Crippen LogP contribution in [0.2, 0.25) is 0 Å². The molecule has 0 aromatic heterocycles. The average molecular weight is 724 g/mol. The highest BCUT2D eigenvalue weighted by Gasteiger charge is 2.17. The molecule has 0 aliphatic rings. The van der Waals surface area contributed by atoms with Gasteiger partial charge in [-0.1, -0.05) is 232 Å². The molecule has 0 aliphatic carbocycles. The van der Waals surface area contributed by atoms with Crippen molar-refractivity contribution >= 4 is 5.91 Å². The van der Waals surface area contributed by atoms with Gasteiger partial charge in [-0.3, -0.25) is 4.79 Å². The highest BCUT2D eigenvalue weighted by molar-refractivity contribution is 5.76. The topological polar surface area (TPSA) is 70.0 Å². The van der Waals surface area contributed by atoms with Crippen molar-refractivity contribution in [1.82, 2.24) is 4.90 Å². The maximum atomic E-state index is 12.7. The van der Waals surface area contributed by atoms with Crippen molar-refractivity contribution in [3.05, 3.63) is 0 Å². The van der Waals surface area contributed by atoms with E-state index in [1.54, 1.807) is 4.90 Å². The number of rotatable bonds is 44. The van der Waals surface area contributed by atoms with Crippen LogP contribution in [0.5, 0.6) is 0 Å². The second-order valence-electron chi connectivity index (χ2n) is 16.1. The first-order chi connectivity index (χ1) is 25.2. The van der Waals surface area contributed by atoms with Crippen LogP contribution in [0.15, 0.2) is 0 Å². The summed E-state index contributed by atoms with van der Waals surface area (Å²) in [6, 6.07) is 0. The van der Waals surface area contributed by atoms with Gasteiger partial charge in [0.15, 0.2) is 0 Å². The third kappa shape index (κ3) is 40.4. The van der Waals surface area contributed by atoms with Crippen molar-refractivity contribution in [3.63, 3.8) is 0 Å². The van der Waals surface area contributed by atoms with Crippen LogP contribution >= 0.6 is 0 Å². The van der Waals surface area contributed by atoms with Crippen LogP contribution in [0.25, 0.3) is 0 Å². The fourth-order valence-corrected chi connectivity index (χ4v) is 7.41. The summed E-state index contributed by atoms with van der Waals surface area (Å²) in [5.74, 6) is 0.0426. The van der Waals surface area contributed by atoms with E-state index in [1.165, 1.54) is 212 Å². The number of ether oxygens (including phenoxy) is 1. The Hall–Kier alpha value is -0.650. The van der Waals surface area contributed by atoms with Gasteiger partial charge in [-0.15, -0.1) is 0 Å². The standard InChI is InChI=1S/C46H93NO4/c1-3-5-7-9-11-13-15-17-18-19-20-21-22-23-24-25-26-28-30-32-34-36-38-42-51-44-45(49)43-47(40-41-48)46(50)39-37-35-33-31-29-27-16-14-12-10-8-6-4-2/h45,48-49H,3-44H2,1-2H3. The van der Waals surface area contributed by atoms with E-state index in [-0.39, 0.29) is 32.2 Å². The zero-order valence-corrected chi connectivity index (χ0v) is 34.9. The third-order valence-electron chi connectivity index (χ3n) is 10.9. The van der Waals surface area contributed by atoms with E-state index >= 15 is 0 Å². The Morgan fingerprint density at radius 1 is 0.471 bits per heavy atom. The molecule has 2 N–H and O–H groups in total. The third-order valence-corrected chi connectivity index (χ3v) is 10.9. The molecule has 51 heavy (non-hydrogen) atoms. The molecule has 0 radical (unpaired) electrons. The zero-order chi connectivity index (χ0) is 37.1. The molecule has 0 fully saturated rings. The molecular formula is C46H93NO4. The molecule has 5 heteroatoms. The number of aliphatic hydroxyl groups is 2. The minimum atomic E-state index is -0.698. The SMILES string of the molecule is CCCCCCCCCCCCCCCCCCCCCCCCCOCC(O)CN(CCO)C(=O)CCCCCCCCCCCCCCC. The summed E-state index contributed by atoms with van der Waals surface area (Å²) in [7, 11) is 0. The lowest BCUT2D eigenvalue weighted by molar-refractivity contribution is -0.134. The molecular weight excluding hydrogens is 631 g/mol. The van der Waals surface area contributed by atoms with Gasteiger partial charge in [0.05, 0.1) is 19.3 Å². The minimum Gasteiger partial charge on any atom is -0.395 e. The van der Waals surface area contributed by atoms with Gasteiger partial charge in [0, 0.05) is 26.1 Å². The van der Waals surface area contributed by atoms with E-state index < -0.39 is 6.10 Å². The molecule has 0 saturated carbocycles. The Labute approximate surface area is 320 Å². The van der Waals surface area contributed by atoms with Gasteiger partial charge < -0.3 is 19.8 Å². The van der Waals surface area contributed by atoms with Crippen molar-refractivity contribution in [2.75, 3.05) is 32.9 Å². The van der Waals surface area contributed by atoms with Crippen molar-refractivity contribution in [1.29, 1.82) is 0 Å². The number of hydrogen-bond donors (Lipinski definition) is 2. The molecule has 0 aromatic rings. The normalized spacial score (nSPS) is 12.2. The summed E-state index contributed by atoms with van der Waals surface area (Å²) in [4.78, 5) is 14.3. The second kappa shape index (κ2) is 43.8. The minimum absolute atomic E-state index is 0.0426. The van der Waals surface area contributed by atoms with Gasteiger partial charge in [0.2, 0.25) is 5.91 Å². The van der Waals surface area contributed by atoms with Crippen molar-refractivity contribution < 1.29 is 19.7 Å². The Balaban J connectivity index is 3.49. The number of hydrogen-bond acceptors (Lipinski definition) is 4. The summed E-state index contributed by atoms with van der Waals surface area (Å²) in [6.07, 6.45) is 48.5. The highest BCUT2D eigenvalue weighted by Crippen LogP contribution is 2.16. The summed E-state index contributed by atoms with van der Waals surface area (Å²) in [6.45, 7) is 5.95. The Morgan fingerprint density at radius 3 is 1.08 bits per heavy atom. The smallest absolute Gasteiger partial charge is 0.222 e. The molecule has 0 aliphatic heterocycles. The first-order valence-electron chi connectivity index (χ1n) is 23.3. The van der Waals surface area contributed by atoms with Gasteiger partial charge in [0.1, 0.15) is 0 Å².